The Morgan fingerprint density at radius 2 is 2.21 bits per heavy atom. The van der Waals surface area contributed by atoms with Gasteiger partial charge in [0.15, 0.2) is 0 Å². The fourth-order valence-electron chi connectivity index (χ4n) is 1.89. The third-order valence-electron chi connectivity index (χ3n) is 3.04. The first-order valence-corrected chi connectivity index (χ1v) is 6.55. The van der Waals surface area contributed by atoms with Gasteiger partial charge in [-0.1, -0.05) is 33.7 Å². The molecule has 1 heterocycles. The monoisotopic (exact) mass is 207 g/mol. The number of aryl methyl sites for hydroxylation is 1. The van der Waals surface area contributed by atoms with Crippen molar-refractivity contribution in [3.8, 4) is 0 Å². The lowest BCUT2D eigenvalue weighted by Gasteiger charge is -2.29. The van der Waals surface area contributed by atoms with Crippen molar-refractivity contribution in [1.82, 2.24) is 0 Å². The van der Waals surface area contributed by atoms with E-state index in [1.807, 2.05) is 0 Å². The first-order valence-electron chi connectivity index (χ1n) is 5.35. The highest BCUT2D eigenvalue weighted by Gasteiger charge is 2.24. The Bertz CT molecular complexity index is 324. The van der Waals surface area contributed by atoms with Gasteiger partial charge >= 0.3 is 0 Å². The van der Waals surface area contributed by atoms with E-state index in [4.69, 9.17) is 0 Å². The van der Waals surface area contributed by atoms with Gasteiger partial charge in [0.1, 0.15) is 0 Å². The summed E-state index contributed by atoms with van der Waals surface area (Å²) in [6.07, 6.45) is 3.77. The van der Waals surface area contributed by atoms with Crippen LogP contribution in [0.1, 0.15) is 25.8 Å². The molecule has 0 spiro atoms. The minimum atomic E-state index is 0.326. The third kappa shape index (κ3) is 1.93. The second kappa shape index (κ2) is 3.90. The van der Waals surface area contributed by atoms with Gasteiger partial charge in [-0.25, -0.2) is 0 Å². The smallest absolute Gasteiger partial charge is 0.0509 e. The molecular weight excluding hydrogens is 189 g/mol. The Labute approximate surface area is 88.1 Å². The fourth-order valence-corrected chi connectivity index (χ4v) is 3.31. The molecule has 1 aromatic carbocycles. The number of hydrogen-bond donors (Lipinski definition) is 1. The first-order chi connectivity index (χ1) is 6.73. The van der Waals surface area contributed by atoms with Gasteiger partial charge in [0.25, 0.3) is 0 Å². The molecule has 1 nitrogen and oxygen atoms in total. The Balaban J connectivity index is 2.31. The molecule has 1 unspecified atom stereocenters. The van der Waals surface area contributed by atoms with Crippen LogP contribution < -0.4 is 5.32 Å². The molecule has 2 atom stereocenters. The number of benzene rings is 1. The quantitative estimate of drug-likeness (QED) is 0.695. The summed E-state index contributed by atoms with van der Waals surface area (Å²) < 4.78 is 0. The van der Waals surface area contributed by atoms with Crippen LogP contribution in [0.2, 0.25) is 0 Å². The average molecular weight is 207 g/mol. The Hall–Kier alpha value is -0.550. The largest absolute Gasteiger partial charge is 0.376 e. The number of para-hydroxylation sites is 1. The molecule has 2 rings (SSSR count). The number of anilines is 1. The average Bonchev–Trinajstić information content (AvgIpc) is 2.37. The molecule has 1 N–H and O–H groups in total. The van der Waals surface area contributed by atoms with Gasteiger partial charge < -0.3 is 5.32 Å². The second-order valence-electron chi connectivity index (χ2n) is 4.14. The SMILES string of the molecule is CC[C@@]1(C)Nc2ccccc2CCP1. The van der Waals surface area contributed by atoms with Crippen molar-refractivity contribution in [3.63, 3.8) is 0 Å². The molecule has 0 amide bonds. The highest BCUT2D eigenvalue weighted by Crippen LogP contribution is 2.39. The van der Waals surface area contributed by atoms with Gasteiger partial charge in [-0.15, -0.1) is 0 Å². The van der Waals surface area contributed by atoms with Crippen LogP contribution >= 0.6 is 8.58 Å². The minimum Gasteiger partial charge on any atom is -0.376 e. The van der Waals surface area contributed by atoms with E-state index in [0.717, 1.165) is 8.58 Å². The summed E-state index contributed by atoms with van der Waals surface area (Å²) in [6, 6.07) is 8.71. The predicted molar refractivity (Wildman–Crippen MR) is 65.6 cm³/mol. The van der Waals surface area contributed by atoms with E-state index in [1.165, 1.54) is 30.3 Å². The highest BCUT2D eigenvalue weighted by atomic mass is 31.1. The second-order valence-corrected chi connectivity index (χ2v) is 6.10. The maximum Gasteiger partial charge on any atom is 0.0509 e. The molecule has 0 aliphatic carbocycles. The molecule has 0 fully saturated rings. The summed E-state index contributed by atoms with van der Waals surface area (Å²) in [5.41, 5.74) is 2.83. The Morgan fingerprint density at radius 1 is 1.43 bits per heavy atom. The zero-order valence-corrected chi connectivity index (χ0v) is 9.93. The first kappa shape index (κ1) is 9.98. The molecule has 0 radical (unpaired) electrons. The lowest BCUT2D eigenvalue weighted by molar-refractivity contribution is 0.695. The van der Waals surface area contributed by atoms with Gasteiger partial charge in [0.2, 0.25) is 0 Å². The van der Waals surface area contributed by atoms with Gasteiger partial charge in [-0.2, -0.15) is 0 Å². The fraction of sp³-hybridized carbons (Fsp3) is 0.500. The van der Waals surface area contributed by atoms with Crippen LogP contribution in [0.4, 0.5) is 5.69 Å². The number of fused-ring (bicyclic) bond motifs is 1. The van der Waals surface area contributed by atoms with Crippen molar-refractivity contribution >= 4 is 14.3 Å². The maximum absolute atomic E-state index is 3.70. The van der Waals surface area contributed by atoms with Crippen LogP contribution in [-0.4, -0.2) is 11.4 Å². The minimum absolute atomic E-state index is 0.326. The van der Waals surface area contributed by atoms with Crippen molar-refractivity contribution < 1.29 is 0 Å². The van der Waals surface area contributed by atoms with Gasteiger partial charge in [0, 0.05) is 5.69 Å². The van der Waals surface area contributed by atoms with Crippen LogP contribution in [0.25, 0.3) is 0 Å². The van der Waals surface area contributed by atoms with Crippen LogP contribution in [0.15, 0.2) is 24.3 Å². The van der Waals surface area contributed by atoms with Crippen molar-refractivity contribution in [2.75, 3.05) is 11.5 Å². The van der Waals surface area contributed by atoms with Crippen LogP contribution in [0, 0.1) is 0 Å². The summed E-state index contributed by atoms with van der Waals surface area (Å²) >= 11 is 0. The van der Waals surface area contributed by atoms with Crippen LogP contribution in [0.5, 0.6) is 0 Å². The normalized spacial score (nSPS) is 27.9. The van der Waals surface area contributed by atoms with E-state index < -0.39 is 0 Å². The molecule has 1 aliphatic rings. The van der Waals surface area contributed by atoms with E-state index in [0.29, 0.717) is 5.28 Å². The van der Waals surface area contributed by atoms with Crippen LogP contribution in [-0.2, 0) is 6.42 Å². The van der Waals surface area contributed by atoms with Gasteiger partial charge in [0.05, 0.1) is 5.28 Å². The van der Waals surface area contributed by atoms with Gasteiger partial charge in [-0.3, -0.25) is 0 Å². The molecule has 0 saturated heterocycles. The molecule has 0 bridgehead atoms. The topological polar surface area (TPSA) is 12.0 Å². The lowest BCUT2D eigenvalue weighted by Crippen LogP contribution is -2.27. The molecule has 0 aromatic heterocycles. The number of nitrogens with one attached hydrogen (secondary N) is 1. The zero-order valence-electron chi connectivity index (χ0n) is 8.93. The molecule has 1 aromatic rings. The molecular formula is C12H18NP. The van der Waals surface area contributed by atoms with Crippen molar-refractivity contribution in [2.24, 2.45) is 0 Å². The Kier molecular flexibility index (Phi) is 2.78. The van der Waals surface area contributed by atoms with E-state index in [-0.39, 0.29) is 0 Å². The zero-order chi connectivity index (χ0) is 10.0. The molecule has 76 valence electrons. The van der Waals surface area contributed by atoms with Crippen molar-refractivity contribution in [2.45, 2.75) is 32.0 Å². The number of rotatable bonds is 1. The summed E-state index contributed by atoms with van der Waals surface area (Å²) in [4.78, 5) is 0. The molecule has 0 saturated carbocycles. The summed E-state index contributed by atoms with van der Waals surface area (Å²) in [6.45, 7) is 4.61. The lowest BCUT2D eigenvalue weighted by atomic mass is 10.1. The van der Waals surface area contributed by atoms with E-state index in [2.05, 4.69) is 43.4 Å². The summed E-state index contributed by atoms with van der Waals surface area (Å²) in [7, 11) is 1.02. The Morgan fingerprint density at radius 3 is 3.00 bits per heavy atom. The summed E-state index contributed by atoms with van der Waals surface area (Å²) in [5.74, 6) is 0. The predicted octanol–water partition coefficient (Wildman–Crippen LogP) is 3.46. The van der Waals surface area contributed by atoms with Gasteiger partial charge in [-0.05, 0) is 37.6 Å². The number of hydrogen-bond acceptors (Lipinski definition) is 1. The summed E-state index contributed by atoms with van der Waals surface area (Å²) in [5, 5.41) is 4.02. The third-order valence-corrected chi connectivity index (χ3v) is 4.80. The van der Waals surface area contributed by atoms with Crippen LogP contribution in [0.3, 0.4) is 0 Å². The maximum atomic E-state index is 3.70. The van der Waals surface area contributed by atoms with Crippen molar-refractivity contribution in [3.05, 3.63) is 29.8 Å². The standard InChI is InChI=1S/C12H18NP/c1-3-12(2)13-11-7-5-4-6-10(11)8-9-14-12/h4-7,13-14H,3,8-9H2,1-2H3/t12-/m0/s1. The highest BCUT2D eigenvalue weighted by molar-refractivity contribution is 7.40. The molecule has 1 aliphatic heterocycles. The van der Waals surface area contributed by atoms with E-state index in [1.54, 1.807) is 0 Å². The van der Waals surface area contributed by atoms with E-state index in [9.17, 15) is 0 Å². The molecule has 14 heavy (non-hydrogen) atoms. The van der Waals surface area contributed by atoms with E-state index >= 15 is 0 Å². The van der Waals surface area contributed by atoms with Crippen molar-refractivity contribution in [1.29, 1.82) is 0 Å². The molecule has 2 heteroatoms.